The van der Waals surface area contributed by atoms with E-state index < -0.39 is 0 Å². The Kier molecular flexibility index (Phi) is 2.95. The number of ether oxygens (including phenoxy) is 1. The van der Waals surface area contributed by atoms with E-state index in [1.807, 2.05) is 48.5 Å². The first kappa shape index (κ1) is 11.8. The maximum Gasteiger partial charge on any atom is 0.225 e. The molecule has 1 aliphatic rings. The summed E-state index contributed by atoms with van der Waals surface area (Å²) in [5.41, 5.74) is 8.60. The van der Waals surface area contributed by atoms with E-state index in [2.05, 4.69) is 0 Å². The van der Waals surface area contributed by atoms with Gasteiger partial charge < -0.3 is 10.5 Å². The van der Waals surface area contributed by atoms with E-state index in [1.54, 1.807) is 0 Å². The summed E-state index contributed by atoms with van der Waals surface area (Å²) < 4.78 is 5.83. The van der Waals surface area contributed by atoms with Gasteiger partial charge in [0.1, 0.15) is 12.4 Å². The second-order valence-corrected chi connectivity index (χ2v) is 4.76. The van der Waals surface area contributed by atoms with Crippen LogP contribution in [0.1, 0.15) is 22.6 Å². The summed E-state index contributed by atoms with van der Waals surface area (Å²) in [6, 6.07) is 15.8. The van der Waals surface area contributed by atoms with E-state index in [1.165, 1.54) is 0 Å². The van der Waals surface area contributed by atoms with Crippen molar-refractivity contribution in [1.82, 2.24) is 0 Å². The molecule has 3 nitrogen and oxygen atoms in total. The van der Waals surface area contributed by atoms with Crippen LogP contribution in [0.5, 0.6) is 5.75 Å². The molecule has 3 rings (SSSR count). The van der Waals surface area contributed by atoms with Crippen molar-refractivity contribution < 1.29 is 9.53 Å². The smallest absolute Gasteiger partial charge is 0.225 e. The van der Waals surface area contributed by atoms with E-state index in [4.69, 9.17) is 10.5 Å². The molecule has 0 saturated carbocycles. The Morgan fingerprint density at radius 2 is 1.95 bits per heavy atom. The monoisotopic (exact) mass is 253 g/mol. The zero-order valence-electron chi connectivity index (χ0n) is 10.5. The Morgan fingerprint density at radius 1 is 1.16 bits per heavy atom. The molecular weight excluding hydrogens is 238 g/mol. The molecule has 1 aliphatic carbocycles. The van der Waals surface area contributed by atoms with Crippen molar-refractivity contribution in [1.29, 1.82) is 0 Å². The highest BCUT2D eigenvalue weighted by Crippen LogP contribution is 2.40. The lowest BCUT2D eigenvalue weighted by molar-refractivity contribution is -0.119. The van der Waals surface area contributed by atoms with Gasteiger partial charge in [0.25, 0.3) is 0 Å². The van der Waals surface area contributed by atoms with Crippen LogP contribution in [0.3, 0.4) is 0 Å². The van der Waals surface area contributed by atoms with Crippen LogP contribution >= 0.6 is 0 Å². The van der Waals surface area contributed by atoms with Gasteiger partial charge in [-0.25, -0.2) is 0 Å². The molecular formula is C16H15NO2. The van der Waals surface area contributed by atoms with Crippen LogP contribution in [0.4, 0.5) is 0 Å². The number of hydrogen-bond donors (Lipinski definition) is 1. The summed E-state index contributed by atoms with van der Waals surface area (Å²) in [7, 11) is 0. The van der Waals surface area contributed by atoms with Crippen LogP contribution in [0.2, 0.25) is 0 Å². The molecule has 2 aromatic rings. The normalized spacial score (nSPS) is 16.3. The van der Waals surface area contributed by atoms with Crippen molar-refractivity contribution in [3.05, 3.63) is 65.2 Å². The highest BCUT2D eigenvalue weighted by molar-refractivity contribution is 5.86. The Bertz CT molecular complexity index is 607. The van der Waals surface area contributed by atoms with Crippen LogP contribution in [0.25, 0.3) is 0 Å². The molecule has 2 N–H and O–H groups in total. The zero-order valence-corrected chi connectivity index (χ0v) is 10.5. The average Bonchev–Trinajstić information content (AvgIpc) is 2.39. The molecule has 0 fully saturated rings. The van der Waals surface area contributed by atoms with Crippen molar-refractivity contribution in [2.45, 2.75) is 18.9 Å². The van der Waals surface area contributed by atoms with Gasteiger partial charge in [-0.05, 0) is 29.2 Å². The predicted octanol–water partition coefficient (Wildman–Crippen LogP) is 2.39. The highest BCUT2D eigenvalue weighted by atomic mass is 16.5. The fraction of sp³-hybridized carbons (Fsp3) is 0.188. The second-order valence-electron chi connectivity index (χ2n) is 4.76. The Balaban J connectivity index is 1.75. The standard InChI is InChI=1S/C16H15NO2/c17-16(18)14-9-13-12(14)7-4-8-15(13)19-10-11-5-2-1-3-6-11/h1-8,14H,9-10H2,(H2,17,18). The first-order valence-electron chi connectivity index (χ1n) is 6.33. The number of nitrogens with two attached hydrogens (primary N) is 1. The minimum absolute atomic E-state index is 0.143. The minimum atomic E-state index is -0.257. The van der Waals surface area contributed by atoms with Crippen molar-refractivity contribution >= 4 is 5.91 Å². The summed E-state index contributed by atoms with van der Waals surface area (Å²) in [4.78, 5) is 11.2. The van der Waals surface area contributed by atoms with Crippen LogP contribution in [0.15, 0.2) is 48.5 Å². The third-order valence-corrected chi connectivity index (χ3v) is 3.53. The maximum atomic E-state index is 11.2. The lowest BCUT2D eigenvalue weighted by Crippen LogP contribution is -2.31. The van der Waals surface area contributed by atoms with Gasteiger partial charge in [0.15, 0.2) is 0 Å². The van der Waals surface area contributed by atoms with Crippen molar-refractivity contribution in [2.24, 2.45) is 5.73 Å². The maximum absolute atomic E-state index is 11.2. The average molecular weight is 253 g/mol. The third-order valence-electron chi connectivity index (χ3n) is 3.53. The molecule has 96 valence electrons. The number of fused-ring (bicyclic) bond motifs is 1. The number of rotatable bonds is 4. The molecule has 0 spiro atoms. The van der Waals surface area contributed by atoms with E-state index in [9.17, 15) is 4.79 Å². The van der Waals surface area contributed by atoms with Gasteiger partial charge in [0, 0.05) is 0 Å². The number of hydrogen-bond acceptors (Lipinski definition) is 2. The number of carbonyl (C=O) groups is 1. The first-order valence-corrected chi connectivity index (χ1v) is 6.33. The molecule has 2 aromatic carbocycles. The number of primary amides is 1. The molecule has 0 radical (unpaired) electrons. The van der Waals surface area contributed by atoms with Crippen LogP contribution in [0, 0.1) is 0 Å². The van der Waals surface area contributed by atoms with Gasteiger partial charge in [0.05, 0.1) is 5.92 Å². The lowest BCUT2D eigenvalue weighted by atomic mass is 9.76. The largest absolute Gasteiger partial charge is 0.489 e. The molecule has 1 unspecified atom stereocenters. The Morgan fingerprint density at radius 3 is 2.68 bits per heavy atom. The molecule has 0 bridgehead atoms. The van der Waals surface area contributed by atoms with Gasteiger partial charge in [-0.1, -0.05) is 42.5 Å². The summed E-state index contributed by atoms with van der Waals surface area (Å²) in [6.45, 7) is 0.540. The Hall–Kier alpha value is -2.29. The first-order chi connectivity index (χ1) is 9.25. The SMILES string of the molecule is NC(=O)C1Cc2c(OCc3ccccc3)cccc21. The van der Waals surface area contributed by atoms with Gasteiger partial charge in [-0.2, -0.15) is 0 Å². The third kappa shape index (κ3) is 2.19. The van der Waals surface area contributed by atoms with Crippen molar-refractivity contribution in [3.8, 4) is 5.75 Å². The van der Waals surface area contributed by atoms with Crippen LogP contribution < -0.4 is 10.5 Å². The van der Waals surface area contributed by atoms with Gasteiger partial charge in [-0.3, -0.25) is 4.79 Å². The summed E-state index contributed by atoms with van der Waals surface area (Å²) >= 11 is 0. The van der Waals surface area contributed by atoms with E-state index in [-0.39, 0.29) is 11.8 Å². The van der Waals surface area contributed by atoms with Gasteiger partial charge >= 0.3 is 0 Å². The molecule has 0 aliphatic heterocycles. The van der Waals surface area contributed by atoms with E-state index >= 15 is 0 Å². The summed E-state index contributed by atoms with van der Waals surface area (Å²) in [5.74, 6) is 0.460. The van der Waals surface area contributed by atoms with E-state index in [0.717, 1.165) is 22.4 Å². The molecule has 0 heterocycles. The summed E-state index contributed by atoms with van der Waals surface area (Å²) in [5, 5.41) is 0. The van der Waals surface area contributed by atoms with Gasteiger partial charge in [0.2, 0.25) is 5.91 Å². The molecule has 1 amide bonds. The quantitative estimate of drug-likeness (QED) is 0.909. The predicted molar refractivity (Wildman–Crippen MR) is 72.9 cm³/mol. The number of amides is 1. The fourth-order valence-corrected chi connectivity index (χ4v) is 2.43. The molecule has 1 atom stereocenters. The molecule has 3 heteroatoms. The topological polar surface area (TPSA) is 52.3 Å². The zero-order chi connectivity index (χ0) is 13.2. The number of carbonyl (C=O) groups excluding carboxylic acids is 1. The summed E-state index contributed by atoms with van der Waals surface area (Å²) in [6.07, 6.45) is 0.690. The fourth-order valence-electron chi connectivity index (χ4n) is 2.43. The molecule has 0 saturated heterocycles. The number of benzene rings is 2. The lowest BCUT2D eigenvalue weighted by Gasteiger charge is -2.29. The molecule has 0 aromatic heterocycles. The van der Waals surface area contributed by atoms with E-state index in [0.29, 0.717) is 13.0 Å². The van der Waals surface area contributed by atoms with Crippen molar-refractivity contribution in [2.75, 3.05) is 0 Å². The van der Waals surface area contributed by atoms with Gasteiger partial charge in [-0.15, -0.1) is 0 Å². The second kappa shape index (κ2) is 4.76. The molecule has 19 heavy (non-hydrogen) atoms. The Labute approximate surface area is 112 Å². The van der Waals surface area contributed by atoms with Crippen molar-refractivity contribution in [3.63, 3.8) is 0 Å². The van der Waals surface area contributed by atoms with Crippen LogP contribution in [-0.2, 0) is 17.8 Å². The minimum Gasteiger partial charge on any atom is -0.489 e. The van der Waals surface area contributed by atoms with Crippen LogP contribution in [-0.4, -0.2) is 5.91 Å². The highest BCUT2D eigenvalue weighted by Gasteiger charge is 2.33.